The van der Waals surface area contributed by atoms with E-state index < -0.39 is 0 Å². The molecule has 1 aliphatic heterocycles. The molecule has 124 valence electrons. The Morgan fingerprint density at radius 1 is 1.13 bits per heavy atom. The van der Waals surface area contributed by atoms with Crippen molar-refractivity contribution in [3.8, 4) is 5.75 Å². The van der Waals surface area contributed by atoms with Crippen molar-refractivity contribution in [1.82, 2.24) is 15.1 Å². The van der Waals surface area contributed by atoms with E-state index in [0.717, 1.165) is 39.3 Å². The molecule has 2 N–H and O–H groups in total. The van der Waals surface area contributed by atoms with E-state index in [-0.39, 0.29) is 0 Å². The van der Waals surface area contributed by atoms with Crippen molar-refractivity contribution in [2.24, 2.45) is 0 Å². The molecule has 3 rings (SSSR count). The standard InChI is InChI=1S/C18H25N3OS/c1-20-8-10-21(11-9-20)17(18-3-2-12-23-18)14-19-13-15-4-6-16(22)7-5-15/h2-7,12,17,19,22H,8-11,13-14H2,1H3/t17-/m0/s1. The second-order valence-electron chi connectivity index (χ2n) is 6.17. The van der Waals surface area contributed by atoms with Crippen LogP contribution in [-0.4, -0.2) is 54.7 Å². The summed E-state index contributed by atoms with van der Waals surface area (Å²) < 4.78 is 0. The lowest BCUT2D eigenvalue weighted by molar-refractivity contribution is 0.111. The Hall–Kier alpha value is -1.40. The number of hydrogen-bond acceptors (Lipinski definition) is 5. The van der Waals surface area contributed by atoms with Gasteiger partial charge in [-0.3, -0.25) is 4.90 Å². The molecule has 1 fully saturated rings. The van der Waals surface area contributed by atoms with Gasteiger partial charge in [-0.05, 0) is 36.2 Å². The number of nitrogens with zero attached hydrogens (tertiary/aromatic N) is 2. The molecule has 1 saturated heterocycles. The zero-order chi connectivity index (χ0) is 16.1. The summed E-state index contributed by atoms with van der Waals surface area (Å²) in [6.45, 7) is 6.31. The first-order chi connectivity index (χ1) is 11.2. The molecule has 2 aromatic rings. The summed E-state index contributed by atoms with van der Waals surface area (Å²) in [4.78, 5) is 6.43. The van der Waals surface area contributed by atoms with E-state index in [1.54, 1.807) is 12.1 Å². The van der Waals surface area contributed by atoms with Crippen molar-refractivity contribution in [1.29, 1.82) is 0 Å². The lowest BCUT2D eigenvalue weighted by Crippen LogP contribution is -2.47. The summed E-state index contributed by atoms with van der Waals surface area (Å²) in [5.41, 5.74) is 1.20. The molecule has 2 heterocycles. The summed E-state index contributed by atoms with van der Waals surface area (Å²) in [6, 6.07) is 12.3. The second kappa shape index (κ2) is 7.93. The number of piperazine rings is 1. The van der Waals surface area contributed by atoms with E-state index in [4.69, 9.17) is 0 Å². The Bertz CT molecular complexity index is 577. The van der Waals surface area contributed by atoms with Gasteiger partial charge in [-0.15, -0.1) is 11.3 Å². The van der Waals surface area contributed by atoms with Gasteiger partial charge in [0.2, 0.25) is 0 Å². The summed E-state index contributed by atoms with van der Waals surface area (Å²) in [7, 11) is 2.19. The fourth-order valence-corrected chi connectivity index (χ4v) is 3.85. The maximum atomic E-state index is 9.36. The van der Waals surface area contributed by atoms with Crippen LogP contribution >= 0.6 is 11.3 Å². The Balaban J connectivity index is 1.59. The van der Waals surface area contributed by atoms with E-state index in [1.807, 2.05) is 23.5 Å². The molecule has 0 aliphatic carbocycles. The molecule has 0 radical (unpaired) electrons. The predicted molar refractivity (Wildman–Crippen MR) is 95.9 cm³/mol. The molecule has 0 spiro atoms. The van der Waals surface area contributed by atoms with Crippen molar-refractivity contribution in [2.75, 3.05) is 39.8 Å². The minimum Gasteiger partial charge on any atom is -0.508 e. The van der Waals surface area contributed by atoms with Crippen molar-refractivity contribution < 1.29 is 5.11 Å². The summed E-state index contributed by atoms with van der Waals surface area (Å²) in [5.74, 6) is 0.322. The number of aromatic hydroxyl groups is 1. The molecule has 23 heavy (non-hydrogen) atoms. The van der Waals surface area contributed by atoms with Gasteiger partial charge in [0.25, 0.3) is 0 Å². The zero-order valence-corrected chi connectivity index (χ0v) is 14.4. The number of phenols is 1. The first-order valence-corrected chi connectivity index (χ1v) is 9.05. The van der Waals surface area contributed by atoms with E-state index in [0.29, 0.717) is 11.8 Å². The highest BCUT2D eigenvalue weighted by molar-refractivity contribution is 7.10. The first-order valence-electron chi connectivity index (χ1n) is 8.17. The van der Waals surface area contributed by atoms with Crippen LogP contribution in [-0.2, 0) is 6.54 Å². The normalized spacial score (nSPS) is 18.1. The largest absolute Gasteiger partial charge is 0.508 e. The van der Waals surface area contributed by atoms with Gasteiger partial charge in [-0.2, -0.15) is 0 Å². The maximum absolute atomic E-state index is 9.36. The van der Waals surface area contributed by atoms with Gasteiger partial charge in [0.05, 0.1) is 6.04 Å². The first kappa shape index (κ1) is 16.5. The second-order valence-corrected chi connectivity index (χ2v) is 7.15. The summed E-state index contributed by atoms with van der Waals surface area (Å²) >= 11 is 1.85. The van der Waals surface area contributed by atoms with Crippen LogP contribution < -0.4 is 5.32 Å². The number of rotatable bonds is 6. The minimum absolute atomic E-state index is 0.322. The molecule has 1 aliphatic rings. The molecule has 5 heteroatoms. The summed E-state index contributed by atoms with van der Waals surface area (Å²) in [6.07, 6.45) is 0. The number of likely N-dealkylation sites (N-methyl/N-ethyl adjacent to an activating group) is 1. The Morgan fingerprint density at radius 3 is 2.52 bits per heavy atom. The number of thiophene rings is 1. The molecule has 1 aromatic carbocycles. The molecule has 0 bridgehead atoms. The lowest BCUT2D eigenvalue weighted by Gasteiger charge is -2.37. The van der Waals surface area contributed by atoms with Crippen LogP contribution in [0.1, 0.15) is 16.5 Å². The third-order valence-electron chi connectivity index (χ3n) is 4.45. The average molecular weight is 331 g/mol. The quantitative estimate of drug-likeness (QED) is 0.853. The smallest absolute Gasteiger partial charge is 0.115 e. The lowest BCUT2D eigenvalue weighted by atomic mass is 10.1. The maximum Gasteiger partial charge on any atom is 0.115 e. The van der Waals surface area contributed by atoms with Crippen LogP contribution in [0.5, 0.6) is 5.75 Å². The van der Waals surface area contributed by atoms with Gasteiger partial charge >= 0.3 is 0 Å². The average Bonchev–Trinajstić information content (AvgIpc) is 3.09. The van der Waals surface area contributed by atoms with E-state index in [9.17, 15) is 5.11 Å². The Labute approximate surface area is 142 Å². The van der Waals surface area contributed by atoms with Crippen LogP contribution in [0, 0.1) is 0 Å². The van der Waals surface area contributed by atoms with Crippen molar-refractivity contribution in [3.05, 3.63) is 52.2 Å². The van der Waals surface area contributed by atoms with E-state index >= 15 is 0 Å². The summed E-state index contributed by atoms with van der Waals surface area (Å²) in [5, 5.41) is 15.1. The predicted octanol–water partition coefficient (Wildman–Crippen LogP) is 2.53. The van der Waals surface area contributed by atoms with Gasteiger partial charge in [0.1, 0.15) is 5.75 Å². The van der Waals surface area contributed by atoms with Gasteiger partial charge in [-0.1, -0.05) is 18.2 Å². The SMILES string of the molecule is CN1CCN([C@@H](CNCc2ccc(O)cc2)c2cccs2)CC1. The van der Waals surface area contributed by atoms with Crippen molar-refractivity contribution in [3.63, 3.8) is 0 Å². The van der Waals surface area contributed by atoms with Gasteiger partial charge in [-0.25, -0.2) is 0 Å². The fourth-order valence-electron chi connectivity index (χ4n) is 2.99. The number of hydrogen-bond donors (Lipinski definition) is 2. The van der Waals surface area contributed by atoms with Gasteiger partial charge in [0.15, 0.2) is 0 Å². The monoisotopic (exact) mass is 331 g/mol. The highest BCUT2D eigenvalue weighted by Crippen LogP contribution is 2.25. The van der Waals surface area contributed by atoms with Crippen LogP contribution in [0.4, 0.5) is 0 Å². The van der Waals surface area contributed by atoms with Crippen LogP contribution in [0.15, 0.2) is 41.8 Å². The number of nitrogens with one attached hydrogen (secondary N) is 1. The fraction of sp³-hybridized carbons (Fsp3) is 0.444. The van der Waals surface area contributed by atoms with Crippen LogP contribution in [0.2, 0.25) is 0 Å². The van der Waals surface area contributed by atoms with Crippen LogP contribution in [0.25, 0.3) is 0 Å². The van der Waals surface area contributed by atoms with Gasteiger partial charge in [0, 0.05) is 44.1 Å². The molecule has 0 unspecified atom stereocenters. The highest BCUT2D eigenvalue weighted by atomic mass is 32.1. The van der Waals surface area contributed by atoms with Crippen molar-refractivity contribution >= 4 is 11.3 Å². The van der Waals surface area contributed by atoms with E-state index in [1.165, 1.54) is 10.4 Å². The number of benzene rings is 1. The van der Waals surface area contributed by atoms with Crippen molar-refractivity contribution in [2.45, 2.75) is 12.6 Å². The molecular weight excluding hydrogens is 306 g/mol. The van der Waals surface area contributed by atoms with Gasteiger partial charge < -0.3 is 15.3 Å². The molecule has 4 nitrogen and oxygen atoms in total. The third kappa shape index (κ3) is 4.54. The molecule has 0 saturated carbocycles. The highest BCUT2D eigenvalue weighted by Gasteiger charge is 2.24. The molecule has 1 atom stereocenters. The van der Waals surface area contributed by atoms with Crippen LogP contribution in [0.3, 0.4) is 0 Å². The molecule has 1 aromatic heterocycles. The molecule has 0 amide bonds. The number of phenolic OH excluding ortho intramolecular Hbond substituents is 1. The van der Waals surface area contributed by atoms with E-state index in [2.05, 4.69) is 39.7 Å². The third-order valence-corrected chi connectivity index (χ3v) is 5.43. The topological polar surface area (TPSA) is 38.7 Å². The Morgan fingerprint density at radius 2 is 1.87 bits per heavy atom. The zero-order valence-electron chi connectivity index (χ0n) is 13.6. The minimum atomic E-state index is 0.322. The molecular formula is C18H25N3OS. The Kier molecular flexibility index (Phi) is 5.67.